The Bertz CT molecular complexity index is 388. The van der Waals surface area contributed by atoms with Gasteiger partial charge >= 0.3 is 18.9 Å². The molecule has 0 aliphatic carbocycles. The molecule has 1 amide bonds. The van der Waals surface area contributed by atoms with Crippen LogP contribution in [-0.4, -0.2) is 44.8 Å². The number of halogens is 1. The van der Waals surface area contributed by atoms with Gasteiger partial charge in [0.25, 0.3) is 0 Å². The van der Waals surface area contributed by atoms with E-state index in [9.17, 15) is 19.1 Å². The molecule has 18 heavy (non-hydrogen) atoms. The molecule has 10 heteroatoms. The van der Waals surface area contributed by atoms with Crippen molar-refractivity contribution in [2.45, 2.75) is 19.6 Å². The molecule has 0 aliphatic rings. The van der Waals surface area contributed by atoms with Gasteiger partial charge in [0.05, 0.1) is 5.97 Å². The zero-order valence-corrected chi connectivity index (χ0v) is 10.0. The second-order valence-electron chi connectivity index (χ2n) is 3.47. The molecule has 0 aromatic carbocycles. The average molecular weight is 251 g/mol. The quantitative estimate of drug-likeness (QED) is 0.505. The van der Waals surface area contributed by atoms with Crippen molar-refractivity contribution in [2.75, 3.05) is 6.54 Å². The fourth-order valence-electron chi connectivity index (χ4n) is 1.06. The van der Waals surface area contributed by atoms with E-state index in [1.54, 1.807) is 0 Å². The summed E-state index contributed by atoms with van der Waals surface area (Å²) < 4.78 is 12.9. The first kappa shape index (κ1) is 16.5. The Morgan fingerprint density at radius 3 is 2.72 bits per heavy atom. The van der Waals surface area contributed by atoms with Gasteiger partial charge in [0.1, 0.15) is 12.7 Å². The number of carboxylic acid groups (broad SMARTS) is 1. The third-order valence-corrected chi connectivity index (χ3v) is 2.02. The van der Waals surface area contributed by atoms with Gasteiger partial charge in [-0.05, 0) is 5.21 Å². The predicted octanol–water partition coefficient (Wildman–Crippen LogP) is -5.48. The van der Waals surface area contributed by atoms with Crippen LogP contribution in [0.4, 0.5) is 4.39 Å². The molecule has 0 fully saturated rings. The van der Waals surface area contributed by atoms with E-state index in [0.717, 1.165) is 4.80 Å². The van der Waals surface area contributed by atoms with E-state index < -0.39 is 24.0 Å². The van der Waals surface area contributed by atoms with Crippen molar-refractivity contribution in [2.24, 2.45) is 5.92 Å². The first-order valence-corrected chi connectivity index (χ1v) is 4.83. The smallest absolute Gasteiger partial charge is 0.547 e. The van der Waals surface area contributed by atoms with E-state index in [1.165, 1.54) is 13.3 Å². The molecule has 1 heterocycles. The van der Waals surface area contributed by atoms with Gasteiger partial charge in [0, 0.05) is 12.5 Å². The average Bonchev–Trinajstić information content (AvgIpc) is 2.77. The molecule has 0 bridgehead atoms. The van der Waals surface area contributed by atoms with Crippen LogP contribution in [0.25, 0.3) is 0 Å². The van der Waals surface area contributed by atoms with E-state index in [2.05, 4.69) is 20.7 Å². The number of rotatable bonds is 6. The van der Waals surface area contributed by atoms with Gasteiger partial charge in [0.15, 0.2) is 6.33 Å². The summed E-state index contributed by atoms with van der Waals surface area (Å²) in [5, 5.41) is 23.0. The summed E-state index contributed by atoms with van der Waals surface area (Å²) in [5.74, 6) is -3.11. The Hall–Kier alpha value is -1.46. The van der Waals surface area contributed by atoms with E-state index in [-0.39, 0.29) is 32.0 Å². The number of aliphatic carboxylic acids is 1. The summed E-state index contributed by atoms with van der Waals surface area (Å²) in [6.07, 6.45) is -0.941. The van der Waals surface area contributed by atoms with Crippen LogP contribution in [0.15, 0.2) is 6.33 Å². The van der Waals surface area contributed by atoms with Crippen molar-refractivity contribution in [3.05, 3.63) is 6.33 Å². The number of carbonyl (C=O) groups excluding carboxylic acids is 2. The van der Waals surface area contributed by atoms with E-state index in [0.29, 0.717) is 0 Å². The number of amides is 1. The van der Waals surface area contributed by atoms with Gasteiger partial charge < -0.3 is 15.2 Å². The minimum Gasteiger partial charge on any atom is -0.547 e. The molecule has 8 nitrogen and oxygen atoms in total. The normalized spacial score (nSPS) is 13.2. The van der Waals surface area contributed by atoms with Gasteiger partial charge in [0.2, 0.25) is 5.91 Å². The van der Waals surface area contributed by atoms with Crippen LogP contribution in [-0.2, 0) is 16.1 Å². The zero-order valence-electron chi connectivity index (χ0n) is 10.0. The van der Waals surface area contributed by atoms with Crippen LogP contribution in [0.2, 0.25) is 0 Å². The second kappa shape index (κ2) is 7.79. The Kier molecular flexibility index (Phi) is 7.15. The molecule has 0 radical (unpaired) electrons. The number of carboxylic acids is 1. The van der Waals surface area contributed by atoms with Crippen molar-refractivity contribution in [1.29, 1.82) is 0 Å². The topological polar surface area (TPSA) is 113 Å². The maximum absolute atomic E-state index is 12.9. The molecule has 0 spiro atoms. The van der Waals surface area contributed by atoms with Crippen molar-refractivity contribution in [3.63, 3.8) is 0 Å². The number of carbonyl (C=O) groups is 2. The number of nitrogens with one attached hydrogen (secondary N) is 1. The Morgan fingerprint density at radius 2 is 2.22 bits per heavy atom. The molecule has 1 aromatic rings. The van der Waals surface area contributed by atoms with Crippen LogP contribution in [0.5, 0.6) is 0 Å². The molecular formula is C8H11FLiN5O3. The zero-order chi connectivity index (χ0) is 12.8. The van der Waals surface area contributed by atoms with Crippen LogP contribution in [0.3, 0.4) is 0 Å². The molecule has 94 valence electrons. The summed E-state index contributed by atoms with van der Waals surface area (Å²) >= 11 is 0. The fourth-order valence-corrected chi connectivity index (χ4v) is 1.06. The number of nitrogens with zero attached hydrogens (tertiary/aromatic N) is 4. The largest absolute Gasteiger partial charge is 1.00 e. The molecule has 0 saturated carbocycles. The monoisotopic (exact) mass is 251 g/mol. The summed E-state index contributed by atoms with van der Waals surface area (Å²) in [4.78, 5) is 22.5. The number of hydrogen-bond acceptors (Lipinski definition) is 6. The molecule has 1 N–H and O–H groups in total. The van der Waals surface area contributed by atoms with Gasteiger partial charge in [-0.15, -0.1) is 10.2 Å². The van der Waals surface area contributed by atoms with Crippen molar-refractivity contribution >= 4 is 11.9 Å². The SMILES string of the molecule is CC(CNC(=O)Cn1ncnn1)C(F)C(=O)[O-].[Li+]. The van der Waals surface area contributed by atoms with Crippen LogP contribution in [0.1, 0.15) is 6.92 Å². The van der Waals surface area contributed by atoms with Crippen molar-refractivity contribution in [1.82, 2.24) is 25.5 Å². The molecule has 2 unspecified atom stereocenters. The van der Waals surface area contributed by atoms with Gasteiger partial charge in [-0.3, -0.25) is 4.79 Å². The Morgan fingerprint density at radius 1 is 1.56 bits per heavy atom. The molecule has 1 aromatic heterocycles. The van der Waals surface area contributed by atoms with Crippen LogP contribution < -0.4 is 29.3 Å². The van der Waals surface area contributed by atoms with Gasteiger partial charge in [-0.1, -0.05) is 6.92 Å². The van der Waals surface area contributed by atoms with E-state index in [1.807, 2.05) is 0 Å². The summed E-state index contributed by atoms with van der Waals surface area (Å²) in [6, 6.07) is 0. The van der Waals surface area contributed by atoms with Gasteiger partial charge in [-0.25, -0.2) is 4.39 Å². The summed E-state index contributed by atoms with van der Waals surface area (Å²) in [5.41, 5.74) is 0. The molecule has 0 saturated heterocycles. The third kappa shape index (κ3) is 5.25. The number of tetrazole rings is 1. The van der Waals surface area contributed by atoms with Crippen LogP contribution >= 0.6 is 0 Å². The fraction of sp³-hybridized carbons (Fsp3) is 0.625. The minimum atomic E-state index is -2.11. The van der Waals surface area contributed by atoms with Crippen molar-refractivity contribution < 1.29 is 37.9 Å². The summed E-state index contributed by atoms with van der Waals surface area (Å²) in [7, 11) is 0. The first-order chi connectivity index (χ1) is 8.00. The third-order valence-electron chi connectivity index (χ3n) is 2.02. The standard InChI is InChI=1S/C8H12FN5O3.Li/c1-5(7(9)8(16)17)2-10-6(15)3-14-12-4-11-13-14;/h4-5,7H,2-3H2,1H3,(H,10,15)(H,16,17);/q;+1/p-1. The number of aromatic nitrogens is 4. The predicted molar refractivity (Wildman–Crippen MR) is 49.9 cm³/mol. The number of hydrogen-bond donors (Lipinski definition) is 1. The Balaban J connectivity index is 0.00000289. The van der Waals surface area contributed by atoms with E-state index in [4.69, 9.17) is 0 Å². The number of alkyl halides is 1. The maximum atomic E-state index is 12.9. The second-order valence-corrected chi connectivity index (χ2v) is 3.47. The Labute approximate surface area is 114 Å². The maximum Gasteiger partial charge on any atom is 1.00 e. The molecule has 1 rings (SSSR count). The van der Waals surface area contributed by atoms with Crippen LogP contribution in [0, 0.1) is 5.92 Å². The van der Waals surface area contributed by atoms with E-state index >= 15 is 0 Å². The van der Waals surface area contributed by atoms with Gasteiger partial charge in [-0.2, -0.15) is 4.80 Å². The minimum absolute atomic E-state index is 0. The molecule has 2 atom stereocenters. The molecule has 0 aliphatic heterocycles. The summed E-state index contributed by atoms with van der Waals surface area (Å²) in [6.45, 7) is 1.09. The van der Waals surface area contributed by atoms with Crippen molar-refractivity contribution in [3.8, 4) is 0 Å². The molecular weight excluding hydrogens is 240 g/mol. The first-order valence-electron chi connectivity index (χ1n) is 4.83.